The number of hydrogen-bond acceptors (Lipinski definition) is 4. The molecule has 1 saturated carbocycles. The van der Waals surface area contributed by atoms with Crippen molar-refractivity contribution in [1.82, 2.24) is 25.7 Å². The summed E-state index contributed by atoms with van der Waals surface area (Å²) >= 11 is 0. The van der Waals surface area contributed by atoms with Crippen molar-refractivity contribution in [1.29, 1.82) is 0 Å². The molecule has 2 heterocycles. The van der Waals surface area contributed by atoms with E-state index in [9.17, 15) is 9.59 Å². The molecule has 2 amide bonds. The van der Waals surface area contributed by atoms with Crippen molar-refractivity contribution in [3.8, 4) is 0 Å². The second-order valence-electron chi connectivity index (χ2n) is 7.53. The van der Waals surface area contributed by atoms with Gasteiger partial charge in [0.1, 0.15) is 11.2 Å². The van der Waals surface area contributed by atoms with Crippen molar-refractivity contribution < 1.29 is 9.59 Å². The zero-order valence-corrected chi connectivity index (χ0v) is 15.7. The maximum absolute atomic E-state index is 12.8. The summed E-state index contributed by atoms with van der Waals surface area (Å²) in [6.07, 6.45) is 9.37. The molecule has 26 heavy (non-hydrogen) atoms. The van der Waals surface area contributed by atoms with Gasteiger partial charge in [0, 0.05) is 19.3 Å². The summed E-state index contributed by atoms with van der Waals surface area (Å²) < 4.78 is 1.88. The van der Waals surface area contributed by atoms with Crippen molar-refractivity contribution in [3.05, 3.63) is 18.0 Å². The van der Waals surface area contributed by atoms with E-state index in [4.69, 9.17) is 0 Å². The third-order valence-electron chi connectivity index (χ3n) is 5.52. The summed E-state index contributed by atoms with van der Waals surface area (Å²) in [6.45, 7) is 4.59. The van der Waals surface area contributed by atoms with Crippen molar-refractivity contribution in [3.63, 3.8) is 0 Å². The molecule has 2 fully saturated rings. The first kappa shape index (κ1) is 18.9. The maximum Gasteiger partial charge on any atom is 0.272 e. The molecule has 0 aromatic carbocycles. The molecule has 0 bridgehead atoms. The fraction of sp³-hybridized carbons (Fsp3) is 0.737. The minimum atomic E-state index is -0.791. The smallest absolute Gasteiger partial charge is 0.272 e. The van der Waals surface area contributed by atoms with Crippen LogP contribution in [0.4, 0.5) is 0 Å². The highest BCUT2D eigenvalue weighted by Crippen LogP contribution is 2.29. The minimum Gasteiger partial charge on any atom is -0.354 e. The molecule has 2 aliphatic rings. The van der Waals surface area contributed by atoms with Gasteiger partial charge in [-0.1, -0.05) is 26.2 Å². The van der Waals surface area contributed by atoms with Gasteiger partial charge in [0.15, 0.2) is 0 Å². The number of hydrogen-bond donors (Lipinski definition) is 3. The van der Waals surface area contributed by atoms with E-state index in [1.165, 1.54) is 0 Å². The van der Waals surface area contributed by atoms with Crippen molar-refractivity contribution in [2.24, 2.45) is 0 Å². The van der Waals surface area contributed by atoms with E-state index in [-0.39, 0.29) is 11.8 Å². The van der Waals surface area contributed by atoms with E-state index >= 15 is 0 Å². The Hall–Kier alpha value is -1.89. The number of rotatable bonds is 6. The van der Waals surface area contributed by atoms with Gasteiger partial charge in [-0.05, 0) is 44.7 Å². The predicted octanol–water partition coefficient (Wildman–Crippen LogP) is 1.77. The maximum atomic E-state index is 12.8. The van der Waals surface area contributed by atoms with Crippen LogP contribution >= 0.6 is 0 Å². The Bertz CT molecular complexity index is 615. The van der Waals surface area contributed by atoms with Crippen LogP contribution in [0.15, 0.2) is 12.3 Å². The Labute approximate surface area is 155 Å². The second kappa shape index (κ2) is 8.66. The summed E-state index contributed by atoms with van der Waals surface area (Å²) in [7, 11) is 0. The molecule has 3 N–H and O–H groups in total. The Kier molecular flexibility index (Phi) is 6.29. The van der Waals surface area contributed by atoms with Gasteiger partial charge in [-0.3, -0.25) is 14.3 Å². The number of aromatic nitrogens is 2. The Morgan fingerprint density at radius 2 is 2.12 bits per heavy atom. The molecule has 7 nitrogen and oxygen atoms in total. The minimum absolute atomic E-state index is 0.0525. The monoisotopic (exact) mass is 361 g/mol. The number of amides is 2. The zero-order valence-electron chi connectivity index (χ0n) is 15.7. The van der Waals surface area contributed by atoms with Crippen LogP contribution in [-0.2, 0) is 4.79 Å². The largest absolute Gasteiger partial charge is 0.354 e. The zero-order chi connectivity index (χ0) is 18.4. The van der Waals surface area contributed by atoms with Gasteiger partial charge in [0.25, 0.3) is 5.91 Å². The molecule has 1 atom stereocenters. The number of nitrogens with one attached hydrogen (secondary N) is 3. The van der Waals surface area contributed by atoms with Crippen LogP contribution in [-0.4, -0.2) is 46.8 Å². The standard InChI is InChI=1S/C19H31N5O2/c1-2-11-21-18(26)19(9-4-3-5-10-19)22-17(25)16-8-13-24(23-16)15-7-6-12-20-14-15/h8,13,15,20H,2-7,9-12,14H2,1H3,(H,21,26)(H,22,25). The van der Waals surface area contributed by atoms with E-state index < -0.39 is 5.54 Å². The SMILES string of the molecule is CCCNC(=O)C1(NC(=O)c2ccn(C3CCCNC3)n2)CCCCC1. The Morgan fingerprint density at radius 3 is 2.81 bits per heavy atom. The van der Waals surface area contributed by atoms with Gasteiger partial charge in [0.2, 0.25) is 5.91 Å². The van der Waals surface area contributed by atoms with E-state index in [0.29, 0.717) is 31.1 Å². The van der Waals surface area contributed by atoms with Gasteiger partial charge in [-0.15, -0.1) is 0 Å². The van der Waals surface area contributed by atoms with Crippen molar-refractivity contribution in [2.45, 2.75) is 69.9 Å². The molecule has 1 saturated heterocycles. The molecule has 1 aromatic rings. The van der Waals surface area contributed by atoms with E-state index in [0.717, 1.165) is 51.6 Å². The molecule has 144 valence electrons. The van der Waals surface area contributed by atoms with Gasteiger partial charge < -0.3 is 16.0 Å². The molecule has 1 aliphatic heterocycles. The van der Waals surface area contributed by atoms with Crippen LogP contribution in [0.25, 0.3) is 0 Å². The van der Waals surface area contributed by atoms with Crippen LogP contribution in [0.3, 0.4) is 0 Å². The Balaban J connectivity index is 1.69. The summed E-state index contributed by atoms with van der Waals surface area (Å²) in [5.74, 6) is -0.301. The summed E-state index contributed by atoms with van der Waals surface area (Å²) in [6, 6.07) is 2.05. The second-order valence-corrected chi connectivity index (χ2v) is 7.53. The van der Waals surface area contributed by atoms with Crippen molar-refractivity contribution in [2.75, 3.05) is 19.6 Å². The molecule has 0 radical (unpaired) electrons. The number of nitrogens with zero attached hydrogens (tertiary/aromatic N) is 2. The highest BCUT2D eigenvalue weighted by molar-refractivity contribution is 5.98. The molecule has 7 heteroatoms. The fourth-order valence-corrected chi connectivity index (χ4v) is 3.97. The fourth-order valence-electron chi connectivity index (χ4n) is 3.97. The highest BCUT2D eigenvalue weighted by atomic mass is 16.2. The normalized spacial score (nSPS) is 22.6. The van der Waals surface area contributed by atoms with Crippen molar-refractivity contribution >= 4 is 11.8 Å². The average Bonchev–Trinajstić information content (AvgIpc) is 3.18. The quantitative estimate of drug-likeness (QED) is 0.720. The average molecular weight is 361 g/mol. The number of carbonyl (C=O) groups excluding carboxylic acids is 2. The summed E-state index contributed by atoms with van der Waals surface area (Å²) in [5.41, 5.74) is -0.399. The third kappa shape index (κ3) is 4.26. The summed E-state index contributed by atoms with van der Waals surface area (Å²) in [5, 5.41) is 13.8. The lowest BCUT2D eigenvalue weighted by molar-refractivity contribution is -0.128. The van der Waals surface area contributed by atoms with Crippen LogP contribution in [0, 0.1) is 0 Å². The topological polar surface area (TPSA) is 88.0 Å². The van der Waals surface area contributed by atoms with E-state index in [1.807, 2.05) is 17.8 Å². The number of piperidine rings is 1. The van der Waals surface area contributed by atoms with E-state index in [2.05, 4.69) is 21.0 Å². The Morgan fingerprint density at radius 1 is 1.31 bits per heavy atom. The predicted molar refractivity (Wildman–Crippen MR) is 100.0 cm³/mol. The van der Waals surface area contributed by atoms with Gasteiger partial charge in [0.05, 0.1) is 6.04 Å². The van der Waals surface area contributed by atoms with Gasteiger partial charge >= 0.3 is 0 Å². The van der Waals surface area contributed by atoms with Crippen LogP contribution in [0.5, 0.6) is 0 Å². The molecule has 1 unspecified atom stereocenters. The van der Waals surface area contributed by atoms with Gasteiger partial charge in [-0.2, -0.15) is 5.10 Å². The lowest BCUT2D eigenvalue weighted by Gasteiger charge is -2.36. The molecule has 1 aliphatic carbocycles. The molecular formula is C19H31N5O2. The summed E-state index contributed by atoms with van der Waals surface area (Å²) in [4.78, 5) is 25.5. The van der Waals surface area contributed by atoms with E-state index in [1.54, 1.807) is 6.07 Å². The molecule has 0 spiro atoms. The first-order chi connectivity index (χ1) is 12.6. The van der Waals surface area contributed by atoms with Crippen LogP contribution < -0.4 is 16.0 Å². The molecule has 1 aromatic heterocycles. The third-order valence-corrected chi connectivity index (χ3v) is 5.52. The first-order valence-corrected chi connectivity index (χ1v) is 10.0. The molecular weight excluding hydrogens is 330 g/mol. The highest BCUT2D eigenvalue weighted by Gasteiger charge is 2.41. The first-order valence-electron chi connectivity index (χ1n) is 10.0. The van der Waals surface area contributed by atoms with Crippen LogP contribution in [0.2, 0.25) is 0 Å². The lowest BCUT2D eigenvalue weighted by Crippen LogP contribution is -2.59. The molecule has 3 rings (SSSR count). The van der Waals surface area contributed by atoms with Crippen LogP contribution in [0.1, 0.15) is 74.8 Å². The van der Waals surface area contributed by atoms with Gasteiger partial charge in [-0.25, -0.2) is 0 Å². The number of carbonyl (C=O) groups is 2. The lowest BCUT2D eigenvalue weighted by atomic mass is 9.80.